The zero-order chi connectivity index (χ0) is 24.7. The van der Waals surface area contributed by atoms with Crippen LogP contribution in [0.15, 0.2) is 42.5 Å². The minimum absolute atomic E-state index is 0.0245. The molecule has 2 aromatic rings. The summed E-state index contributed by atoms with van der Waals surface area (Å²) in [5, 5.41) is 23.3. The van der Waals surface area contributed by atoms with Crippen molar-refractivity contribution in [1.29, 1.82) is 0 Å². The summed E-state index contributed by atoms with van der Waals surface area (Å²) in [5.74, 6) is 0.489. The van der Waals surface area contributed by atoms with E-state index in [1.54, 1.807) is 17.0 Å². The number of carbonyl (C=O) groups excluding carboxylic acids is 1. The molecule has 2 fully saturated rings. The topological polar surface area (TPSA) is 73.2 Å². The summed E-state index contributed by atoms with van der Waals surface area (Å²) in [6, 6.07) is 11.5. The van der Waals surface area contributed by atoms with Crippen LogP contribution < -0.4 is 4.74 Å². The van der Waals surface area contributed by atoms with E-state index < -0.39 is 17.1 Å². The molecule has 1 saturated carbocycles. The fraction of sp³-hybridized carbons (Fsp3) is 0.483. The van der Waals surface area contributed by atoms with Gasteiger partial charge in [-0.1, -0.05) is 42.8 Å². The van der Waals surface area contributed by atoms with Gasteiger partial charge in [-0.2, -0.15) is 0 Å². The van der Waals surface area contributed by atoms with Gasteiger partial charge < -0.3 is 24.7 Å². The normalized spacial score (nSPS) is 35.0. The van der Waals surface area contributed by atoms with Crippen LogP contribution in [0.4, 0.5) is 0 Å². The van der Waals surface area contributed by atoms with Gasteiger partial charge in [-0.3, -0.25) is 4.79 Å². The van der Waals surface area contributed by atoms with Crippen molar-refractivity contribution in [2.45, 2.75) is 62.3 Å². The Labute approximate surface area is 206 Å². The first kappa shape index (κ1) is 22.6. The maximum Gasteiger partial charge on any atom is 0.246 e. The molecule has 2 aliphatic heterocycles. The first-order valence-corrected chi connectivity index (χ1v) is 12.6. The summed E-state index contributed by atoms with van der Waals surface area (Å²) in [7, 11) is 3.93. The van der Waals surface area contributed by atoms with Crippen LogP contribution in [-0.4, -0.2) is 70.3 Å². The number of likely N-dealkylation sites (tertiary alicyclic amines) is 1. The van der Waals surface area contributed by atoms with E-state index >= 15 is 0 Å². The number of benzene rings is 2. The van der Waals surface area contributed by atoms with Crippen LogP contribution in [0.5, 0.6) is 11.5 Å². The number of aliphatic hydroxyl groups is 1. The quantitative estimate of drug-likeness (QED) is 0.668. The molecule has 35 heavy (non-hydrogen) atoms. The Kier molecular flexibility index (Phi) is 4.90. The number of phenols is 1. The molecule has 6 nitrogen and oxygen atoms in total. The zero-order valence-corrected chi connectivity index (χ0v) is 20.9. The SMILES string of the molecule is Cc1cccc(C=CC(=O)N(C)[C@H]2C[C@H](C)[C@@]3(O)[C@H]4Cc5ccc(O)c6c5[C@@]3(CCN4C)[C@H]2O6)c1. The summed E-state index contributed by atoms with van der Waals surface area (Å²) in [5.41, 5.74) is 2.61. The molecular formula is C29H34N2O4. The minimum atomic E-state index is -0.992. The molecule has 6 heteroatoms. The third kappa shape index (κ3) is 2.87. The fourth-order valence-corrected chi connectivity index (χ4v) is 7.74. The molecule has 1 amide bonds. The predicted molar refractivity (Wildman–Crippen MR) is 134 cm³/mol. The van der Waals surface area contributed by atoms with Crippen LogP contribution in [0.25, 0.3) is 6.08 Å². The van der Waals surface area contributed by atoms with Crippen molar-refractivity contribution in [1.82, 2.24) is 9.80 Å². The van der Waals surface area contributed by atoms with Crippen LogP contribution in [0.3, 0.4) is 0 Å². The Morgan fingerprint density at radius 3 is 2.86 bits per heavy atom. The second kappa shape index (κ2) is 7.58. The Morgan fingerprint density at radius 1 is 1.29 bits per heavy atom. The minimum Gasteiger partial charge on any atom is -0.504 e. The van der Waals surface area contributed by atoms with Gasteiger partial charge in [0, 0.05) is 24.7 Å². The molecule has 6 rings (SSSR count). The first-order chi connectivity index (χ1) is 16.7. The second-order valence-corrected chi connectivity index (χ2v) is 11.1. The maximum atomic E-state index is 13.4. The third-order valence-corrected chi connectivity index (χ3v) is 9.43. The van der Waals surface area contributed by atoms with Crippen LogP contribution in [0, 0.1) is 12.8 Å². The molecular weight excluding hydrogens is 440 g/mol. The molecule has 1 spiro atoms. The van der Waals surface area contributed by atoms with Gasteiger partial charge in [0.2, 0.25) is 5.91 Å². The number of rotatable bonds is 3. The maximum absolute atomic E-state index is 13.4. The van der Waals surface area contributed by atoms with Gasteiger partial charge in [0.25, 0.3) is 0 Å². The van der Waals surface area contributed by atoms with E-state index in [9.17, 15) is 15.0 Å². The van der Waals surface area contributed by atoms with Crippen LogP contribution in [0.2, 0.25) is 0 Å². The van der Waals surface area contributed by atoms with E-state index in [2.05, 4.69) is 18.9 Å². The number of piperidine rings is 1. The molecule has 2 N–H and O–H groups in total. The monoisotopic (exact) mass is 474 g/mol. The smallest absolute Gasteiger partial charge is 0.246 e. The number of amides is 1. The van der Waals surface area contributed by atoms with Crippen molar-refractivity contribution in [2.24, 2.45) is 5.92 Å². The molecule has 2 bridgehead atoms. The van der Waals surface area contributed by atoms with E-state index in [4.69, 9.17) is 4.74 Å². The van der Waals surface area contributed by atoms with Gasteiger partial charge in [-0.05, 0) is 69.0 Å². The summed E-state index contributed by atoms with van der Waals surface area (Å²) in [6.45, 7) is 4.99. The Morgan fingerprint density at radius 2 is 2.09 bits per heavy atom. The lowest BCUT2D eigenvalue weighted by Gasteiger charge is -2.66. The van der Waals surface area contributed by atoms with Crippen molar-refractivity contribution in [2.75, 3.05) is 20.6 Å². The molecule has 2 heterocycles. The standard InChI is InChI=1S/C29H34N2O4/c1-17-6-5-7-19(14-17)8-11-24(33)31(4)21-15-18(2)29(34)23-16-20-9-10-22(32)26-25(20)28(29,27(21)35-26)12-13-30(23)3/h5-11,14,18,21,23,27,32,34H,12-13,15-16H2,1-4H3/t18-,21-,23+,27-,28-,29+/m0/s1. The zero-order valence-electron chi connectivity index (χ0n) is 20.9. The number of aryl methyl sites for hydroxylation is 1. The fourth-order valence-electron chi connectivity index (χ4n) is 7.74. The number of ether oxygens (including phenoxy) is 1. The number of hydrogen-bond acceptors (Lipinski definition) is 5. The van der Waals surface area contributed by atoms with Gasteiger partial charge in [-0.25, -0.2) is 0 Å². The van der Waals surface area contributed by atoms with E-state index in [-0.39, 0.29) is 29.7 Å². The first-order valence-electron chi connectivity index (χ1n) is 12.6. The van der Waals surface area contributed by atoms with E-state index in [1.807, 2.05) is 50.4 Å². The van der Waals surface area contributed by atoms with Crippen molar-refractivity contribution in [3.05, 3.63) is 64.7 Å². The summed E-state index contributed by atoms with van der Waals surface area (Å²) in [4.78, 5) is 17.4. The van der Waals surface area contributed by atoms with Crippen LogP contribution in [0.1, 0.15) is 42.0 Å². The molecule has 184 valence electrons. The highest BCUT2D eigenvalue weighted by Crippen LogP contribution is 2.66. The lowest BCUT2D eigenvalue weighted by Crippen LogP contribution is -2.80. The summed E-state index contributed by atoms with van der Waals surface area (Å²) < 4.78 is 6.57. The second-order valence-electron chi connectivity index (χ2n) is 11.1. The molecule has 0 radical (unpaired) electrons. The van der Waals surface area contributed by atoms with Gasteiger partial charge >= 0.3 is 0 Å². The Hall–Kier alpha value is -2.83. The number of likely N-dealkylation sites (N-methyl/N-ethyl adjacent to an activating group) is 2. The van der Waals surface area contributed by atoms with Crippen molar-refractivity contribution < 1.29 is 19.7 Å². The van der Waals surface area contributed by atoms with E-state index in [0.29, 0.717) is 12.2 Å². The lowest BCUT2D eigenvalue weighted by molar-refractivity contribution is -0.220. The van der Waals surface area contributed by atoms with Gasteiger partial charge in [0.05, 0.1) is 17.1 Å². The summed E-state index contributed by atoms with van der Waals surface area (Å²) >= 11 is 0. The lowest BCUT2D eigenvalue weighted by atomic mass is 9.45. The third-order valence-electron chi connectivity index (χ3n) is 9.43. The molecule has 2 aromatic carbocycles. The highest BCUT2D eigenvalue weighted by atomic mass is 16.5. The molecule has 4 aliphatic rings. The molecule has 0 aromatic heterocycles. The van der Waals surface area contributed by atoms with E-state index in [1.165, 1.54) is 0 Å². The van der Waals surface area contributed by atoms with Crippen molar-refractivity contribution in [3.63, 3.8) is 0 Å². The molecule has 6 atom stereocenters. The van der Waals surface area contributed by atoms with E-state index in [0.717, 1.165) is 41.6 Å². The van der Waals surface area contributed by atoms with Gasteiger partial charge in [0.1, 0.15) is 6.10 Å². The Bertz CT molecular complexity index is 1240. The molecule has 1 saturated heterocycles. The van der Waals surface area contributed by atoms with Gasteiger partial charge in [-0.15, -0.1) is 0 Å². The summed E-state index contributed by atoms with van der Waals surface area (Å²) in [6.07, 6.45) is 5.17. The van der Waals surface area contributed by atoms with Crippen molar-refractivity contribution >= 4 is 12.0 Å². The van der Waals surface area contributed by atoms with Gasteiger partial charge in [0.15, 0.2) is 11.5 Å². The number of phenolic OH excluding ortho intramolecular Hbond substituents is 1. The highest BCUT2D eigenvalue weighted by molar-refractivity contribution is 5.92. The molecule has 2 aliphatic carbocycles. The van der Waals surface area contributed by atoms with Crippen molar-refractivity contribution in [3.8, 4) is 11.5 Å². The highest BCUT2D eigenvalue weighted by Gasteiger charge is 2.75. The van der Waals surface area contributed by atoms with Crippen LogP contribution >= 0.6 is 0 Å². The predicted octanol–water partition coefficient (Wildman–Crippen LogP) is 3.27. The average molecular weight is 475 g/mol. The number of aromatic hydroxyl groups is 1. The Balaban J connectivity index is 1.41. The average Bonchev–Trinajstić information content (AvgIpc) is 3.19. The largest absolute Gasteiger partial charge is 0.504 e. The van der Waals surface area contributed by atoms with Crippen LogP contribution in [-0.2, 0) is 16.6 Å². The number of carbonyl (C=O) groups is 1. The molecule has 0 unspecified atom stereocenters. The number of hydrogen-bond donors (Lipinski definition) is 2. The number of nitrogens with zero attached hydrogens (tertiary/aromatic N) is 2.